The summed E-state index contributed by atoms with van der Waals surface area (Å²) in [7, 11) is 1.60. The van der Waals surface area contributed by atoms with Gasteiger partial charge in [-0.05, 0) is 43.2 Å². The van der Waals surface area contributed by atoms with Crippen LogP contribution in [0.3, 0.4) is 0 Å². The van der Waals surface area contributed by atoms with E-state index in [2.05, 4.69) is 20.3 Å². The van der Waals surface area contributed by atoms with Crippen LogP contribution in [0.2, 0.25) is 0 Å². The number of hydrogen-bond acceptors (Lipinski definition) is 7. The second kappa shape index (κ2) is 10.5. The Bertz CT molecular complexity index is 1350. The lowest BCUT2D eigenvalue weighted by Crippen LogP contribution is -2.29. The number of anilines is 1. The fourth-order valence-electron chi connectivity index (χ4n) is 3.38. The number of aryl methyl sites for hydroxylation is 1. The number of amides is 1. The third-order valence-electron chi connectivity index (χ3n) is 5.29. The van der Waals surface area contributed by atoms with Crippen LogP contribution in [0, 0.1) is 6.92 Å². The van der Waals surface area contributed by atoms with Crippen molar-refractivity contribution in [1.29, 1.82) is 0 Å². The van der Waals surface area contributed by atoms with Gasteiger partial charge in [-0.1, -0.05) is 48.5 Å². The van der Waals surface area contributed by atoms with Crippen LogP contribution in [-0.4, -0.2) is 37.8 Å². The van der Waals surface area contributed by atoms with Crippen molar-refractivity contribution in [3.8, 4) is 5.75 Å². The summed E-state index contributed by atoms with van der Waals surface area (Å²) in [4.78, 5) is 39.3. The Morgan fingerprint density at radius 2 is 1.79 bits per heavy atom. The number of rotatable bonds is 8. The van der Waals surface area contributed by atoms with Gasteiger partial charge >= 0.3 is 0 Å². The van der Waals surface area contributed by atoms with Gasteiger partial charge in [0.1, 0.15) is 5.75 Å². The number of hydrogen-bond donors (Lipinski definition) is 1. The van der Waals surface area contributed by atoms with Gasteiger partial charge in [0.15, 0.2) is 16.3 Å². The van der Waals surface area contributed by atoms with Gasteiger partial charge in [-0.15, -0.1) is 0 Å². The second-order valence-corrected chi connectivity index (χ2v) is 8.90. The molecule has 4 aromatic rings. The molecule has 0 aliphatic rings. The van der Waals surface area contributed by atoms with Crippen molar-refractivity contribution in [3.05, 3.63) is 82.4 Å². The predicted octanol–water partition coefficient (Wildman–Crippen LogP) is 4.06. The smallest absolute Gasteiger partial charge is 0.282 e. The molecular formula is C25H25N5O3S. The molecule has 0 fully saturated rings. The Hall–Kier alpha value is -3.72. The number of carbonyl (C=O) groups is 1. The average Bonchev–Trinajstić information content (AvgIpc) is 2.86. The van der Waals surface area contributed by atoms with Crippen LogP contribution in [-0.2, 0) is 11.3 Å². The maximum Gasteiger partial charge on any atom is 0.282 e. The van der Waals surface area contributed by atoms with Crippen molar-refractivity contribution in [1.82, 2.24) is 19.5 Å². The number of benzene rings is 2. The molecular weight excluding hydrogens is 450 g/mol. The zero-order chi connectivity index (χ0) is 24.1. The van der Waals surface area contributed by atoms with Crippen LogP contribution in [0.5, 0.6) is 5.75 Å². The topological polar surface area (TPSA) is 99.0 Å². The first-order valence-corrected chi connectivity index (χ1v) is 11.7. The van der Waals surface area contributed by atoms with Crippen LogP contribution in [0.4, 0.5) is 5.69 Å². The third-order valence-corrected chi connectivity index (χ3v) is 6.64. The maximum absolute atomic E-state index is 13.3. The van der Waals surface area contributed by atoms with Gasteiger partial charge in [0.05, 0.1) is 18.9 Å². The van der Waals surface area contributed by atoms with Gasteiger partial charge in [-0.3, -0.25) is 14.2 Å². The minimum atomic E-state index is -0.454. The van der Waals surface area contributed by atoms with Gasteiger partial charge in [-0.2, -0.15) is 0 Å². The highest BCUT2D eigenvalue weighted by molar-refractivity contribution is 8.00. The van der Waals surface area contributed by atoms with Crippen molar-refractivity contribution in [2.24, 2.45) is 0 Å². The summed E-state index contributed by atoms with van der Waals surface area (Å²) >= 11 is 1.25. The highest BCUT2D eigenvalue weighted by Crippen LogP contribution is 2.26. The number of thioether (sulfide) groups is 1. The van der Waals surface area contributed by atoms with Crippen LogP contribution in [0.1, 0.15) is 24.5 Å². The minimum Gasteiger partial charge on any atom is -0.497 e. The molecule has 2 heterocycles. The number of aromatic nitrogens is 4. The van der Waals surface area contributed by atoms with Crippen molar-refractivity contribution in [2.45, 2.75) is 37.2 Å². The molecule has 34 heavy (non-hydrogen) atoms. The molecule has 0 radical (unpaired) electrons. The van der Waals surface area contributed by atoms with E-state index in [1.54, 1.807) is 11.7 Å². The molecule has 0 spiro atoms. The number of carbonyl (C=O) groups excluding carboxylic acids is 1. The van der Waals surface area contributed by atoms with Gasteiger partial charge in [0, 0.05) is 18.1 Å². The largest absolute Gasteiger partial charge is 0.497 e. The SMILES string of the molecule is CCC(Sc1nc2nccnc2c(=O)n1Cc1ccc(OC)cc1)C(=O)Nc1ccc(C)cc1. The molecule has 9 heteroatoms. The number of ether oxygens (including phenoxy) is 1. The Morgan fingerprint density at radius 3 is 2.47 bits per heavy atom. The molecule has 1 unspecified atom stereocenters. The van der Waals surface area contributed by atoms with E-state index in [1.807, 2.05) is 62.4 Å². The molecule has 0 aliphatic heterocycles. The molecule has 0 bridgehead atoms. The fourth-order valence-corrected chi connectivity index (χ4v) is 4.38. The van der Waals surface area contributed by atoms with Crippen LogP contribution in [0.15, 0.2) is 70.9 Å². The van der Waals surface area contributed by atoms with E-state index >= 15 is 0 Å². The molecule has 174 valence electrons. The summed E-state index contributed by atoms with van der Waals surface area (Å²) < 4.78 is 6.77. The first-order chi connectivity index (χ1) is 16.5. The van der Waals surface area contributed by atoms with E-state index in [0.29, 0.717) is 11.6 Å². The van der Waals surface area contributed by atoms with Gasteiger partial charge in [-0.25, -0.2) is 15.0 Å². The first-order valence-electron chi connectivity index (χ1n) is 10.9. The van der Waals surface area contributed by atoms with Gasteiger partial charge in [0.2, 0.25) is 5.91 Å². The first kappa shape index (κ1) is 23.4. The highest BCUT2D eigenvalue weighted by Gasteiger charge is 2.23. The quantitative estimate of drug-likeness (QED) is 0.303. The highest BCUT2D eigenvalue weighted by atomic mass is 32.2. The molecule has 0 saturated carbocycles. The van der Waals surface area contributed by atoms with Crippen molar-refractivity contribution in [3.63, 3.8) is 0 Å². The van der Waals surface area contributed by atoms with Crippen LogP contribution >= 0.6 is 11.8 Å². The Morgan fingerprint density at radius 1 is 1.09 bits per heavy atom. The van der Waals surface area contributed by atoms with Gasteiger partial charge in [0.25, 0.3) is 5.56 Å². The maximum atomic E-state index is 13.3. The molecule has 0 saturated heterocycles. The lowest BCUT2D eigenvalue weighted by molar-refractivity contribution is -0.115. The molecule has 1 N–H and O–H groups in total. The fraction of sp³-hybridized carbons (Fsp3) is 0.240. The normalized spacial score (nSPS) is 11.9. The molecule has 1 amide bonds. The lowest BCUT2D eigenvalue weighted by Gasteiger charge is -2.18. The molecule has 0 aliphatic carbocycles. The van der Waals surface area contributed by atoms with E-state index in [4.69, 9.17) is 4.74 Å². The summed E-state index contributed by atoms with van der Waals surface area (Å²) in [5.41, 5.74) is 2.88. The van der Waals surface area contributed by atoms with E-state index in [0.717, 1.165) is 22.6 Å². The van der Waals surface area contributed by atoms with E-state index in [9.17, 15) is 9.59 Å². The van der Waals surface area contributed by atoms with E-state index in [1.165, 1.54) is 24.2 Å². The molecule has 4 rings (SSSR count). The minimum absolute atomic E-state index is 0.152. The Kier molecular flexibility index (Phi) is 7.22. The van der Waals surface area contributed by atoms with Crippen molar-refractivity contribution in [2.75, 3.05) is 12.4 Å². The Labute approximate surface area is 201 Å². The van der Waals surface area contributed by atoms with E-state index < -0.39 is 5.25 Å². The van der Waals surface area contributed by atoms with Crippen LogP contribution in [0.25, 0.3) is 11.2 Å². The second-order valence-electron chi connectivity index (χ2n) is 7.73. The standard InChI is InChI=1S/C25H25N5O3S/c1-4-20(23(31)28-18-9-5-16(2)6-10-18)34-25-29-22-21(26-13-14-27-22)24(32)30(25)15-17-7-11-19(33-3)12-8-17/h5-14,20H,4,15H2,1-3H3,(H,28,31). The predicted molar refractivity (Wildman–Crippen MR) is 133 cm³/mol. The average molecular weight is 476 g/mol. The third kappa shape index (κ3) is 5.26. The summed E-state index contributed by atoms with van der Waals surface area (Å²) in [6.07, 6.45) is 3.53. The monoisotopic (exact) mass is 475 g/mol. The number of fused-ring (bicyclic) bond motifs is 1. The zero-order valence-corrected chi connectivity index (χ0v) is 20.0. The summed E-state index contributed by atoms with van der Waals surface area (Å²) in [6.45, 7) is 4.20. The summed E-state index contributed by atoms with van der Waals surface area (Å²) in [6, 6.07) is 15.1. The molecule has 2 aromatic carbocycles. The molecule has 2 aromatic heterocycles. The van der Waals surface area contributed by atoms with E-state index in [-0.39, 0.29) is 29.2 Å². The number of nitrogens with one attached hydrogen (secondary N) is 1. The lowest BCUT2D eigenvalue weighted by atomic mass is 10.2. The molecule has 1 atom stereocenters. The Balaban J connectivity index is 1.67. The summed E-state index contributed by atoms with van der Waals surface area (Å²) in [5.74, 6) is 0.577. The number of nitrogens with zero attached hydrogens (tertiary/aromatic N) is 4. The zero-order valence-electron chi connectivity index (χ0n) is 19.2. The number of methoxy groups -OCH3 is 1. The van der Waals surface area contributed by atoms with Gasteiger partial charge < -0.3 is 10.1 Å². The summed E-state index contributed by atoms with van der Waals surface area (Å²) in [5, 5.41) is 2.92. The molecule has 8 nitrogen and oxygen atoms in total. The van der Waals surface area contributed by atoms with Crippen molar-refractivity contribution < 1.29 is 9.53 Å². The van der Waals surface area contributed by atoms with Crippen LogP contribution < -0.4 is 15.6 Å². The van der Waals surface area contributed by atoms with Crippen molar-refractivity contribution >= 4 is 34.5 Å².